The molecule has 0 aromatic rings. The lowest BCUT2D eigenvalue weighted by atomic mass is 9.47. The molecule has 0 amide bonds. The maximum absolute atomic E-state index is 10.5. The molecule has 4 aliphatic rings. The molecule has 122 valence electrons. The van der Waals surface area contributed by atoms with Gasteiger partial charge >= 0.3 is 0 Å². The van der Waals surface area contributed by atoms with Crippen LogP contribution in [0.3, 0.4) is 0 Å². The fourth-order valence-electron chi connectivity index (χ4n) is 6.72. The smallest absolute Gasteiger partial charge is 0.0596 e. The van der Waals surface area contributed by atoms with Crippen molar-refractivity contribution in [1.29, 1.82) is 0 Å². The molecule has 0 heterocycles. The van der Waals surface area contributed by atoms with Crippen molar-refractivity contribution < 1.29 is 10.2 Å². The summed E-state index contributed by atoms with van der Waals surface area (Å²) in [4.78, 5) is 0. The molecule has 1 unspecified atom stereocenters. The van der Waals surface area contributed by atoms with Gasteiger partial charge in [-0.2, -0.15) is 0 Å². The van der Waals surface area contributed by atoms with Crippen LogP contribution in [0.1, 0.15) is 58.3 Å². The number of aliphatic hydroxyl groups is 2. The predicted molar refractivity (Wildman–Crippen MR) is 88.3 cm³/mol. The molecule has 2 nitrogen and oxygen atoms in total. The number of rotatable bonds is 1. The summed E-state index contributed by atoms with van der Waals surface area (Å²) in [6.45, 7) is 6.79. The Kier molecular flexibility index (Phi) is 3.36. The summed E-state index contributed by atoms with van der Waals surface area (Å²) in [5, 5.41) is 20.8. The lowest BCUT2D eigenvalue weighted by molar-refractivity contribution is -0.0892. The van der Waals surface area contributed by atoms with E-state index in [1.807, 2.05) is 0 Å². The number of fused-ring (bicyclic) bond motifs is 5. The Morgan fingerprint density at radius 3 is 2.73 bits per heavy atom. The van der Waals surface area contributed by atoms with Crippen molar-refractivity contribution >= 4 is 0 Å². The van der Waals surface area contributed by atoms with Gasteiger partial charge in [-0.05, 0) is 74.5 Å². The highest BCUT2D eigenvalue weighted by Crippen LogP contribution is 2.65. The highest BCUT2D eigenvalue weighted by molar-refractivity contribution is 5.34. The van der Waals surface area contributed by atoms with Gasteiger partial charge in [-0.15, -0.1) is 0 Å². The van der Waals surface area contributed by atoms with E-state index in [0.717, 1.165) is 32.1 Å². The summed E-state index contributed by atoms with van der Waals surface area (Å²) in [7, 11) is 0. The molecule has 0 spiro atoms. The molecule has 3 saturated carbocycles. The van der Waals surface area contributed by atoms with E-state index in [2.05, 4.69) is 19.6 Å². The summed E-state index contributed by atoms with van der Waals surface area (Å²) in [6.07, 6.45) is 11.2. The van der Waals surface area contributed by atoms with Crippen LogP contribution >= 0.6 is 0 Å². The minimum absolute atomic E-state index is 0.0268. The SMILES string of the molecule is C=C1C=C2CC[C@@H]3[C@@H](CC[C@]4(C)C(O)CC[C@@H]34)[C@@]2(CO)CC1. The van der Waals surface area contributed by atoms with Gasteiger partial charge in [-0.1, -0.05) is 30.7 Å². The average Bonchev–Trinajstić information content (AvgIpc) is 2.82. The third kappa shape index (κ3) is 1.80. The first-order valence-corrected chi connectivity index (χ1v) is 9.19. The first-order valence-electron chi connectivity index (χ1n) is 9.19. The van der Waals surface area contributed by atoms with Crippen molar-refractivity contribution in [2.45, 2.75) is 64.4 Å². The Morgan fingerprint density at radius 1 is 1.14 bits per heavy atom. The molecule has 4 aliphatic carbocycles. The molecule has 0 radical (unpaired) electrons. The normalized spacial score (nSPS) is 50.9. The Hall–Kier alpha value is -0.600. The lowest BCUT2D eigenvalue weighted by Gasteiger charge is -2.58. The fraction of sp³-hybridized carbons (Fsp3) is 0.800. The zero-order valence-electron chi connectivity index (χ0n) is 13.9. The molecule has 0 aromatic carbocycles. The van der Waals surface area contributed by atoms with Crippen LogP contribution in [0.2, 0.25) is 0 Å². The standard InChI is InChI=1S/C20H30O2/c1-13-7-10-20(12-21)14(11-13)3-4-15-16-5-6-18(22)19(16,2)9-8-17(15)20/h11,15-18,21-22H,1,3-10,12H2,2H3/t15-,16-,17+,18?,19-,20+/m0/s1. The Bertz CT molecular complexity index is 522. The molecule has 2 heteroatoms. The molecule has 0 aromatic heterocycles. The summed E-state index contributed by atoms with van der Waals surface area (Å²) in [5.41, 5.74) is 2.89. The minimum Gasteiger partial charge on any atom is -0.395 e. The number of allylic oxidation sites excluding steroid dienone is 2. The zero-order valence-corrected chi connectivity index (χ0v) is 13.9. The van der Waals surface area contributed by atoms with Crippen molar-refractivity contribution in [3.63, 3.8) is 0 Å². The van der Waals surface area contributed by atoms with E-state index in [1.54, 1.807) is 0 Å². The van der Waals surface area contributed by atoms with Gasteiger partial charge in [0.2, 0.25) is 0 Å². The van der Waals surface area contributed by atoms with Crippen LogP contribution in [0.15, 0.2) is 23.8 Å². The molecule has 3 fully saturated rings. The van der Waals surface area contributed by atoms with E-state index < -0.39 is 0 Å². The van der Waals surface area contributed by atoms with Crippen LogP contribution in [0.25, 0.3) is 0 Å². The second kappa shape index (κ2) is 4.95. The third-order valence-electron chi connectivity index (χ3n) is 8.04. The lowest BCUT2D eigenvalue weighted by Crippen LogP contribution is -2.53. The highest BCUT2D eigenvalue weighted by Gasteiger charge is 2.59. The first-order chi connectivity index (χ1) is 10.5. The van der Waals surface area contributed by atoms with Gasteiger partial charge < -0.3 is 10.2 Å². The molecular formula is C20H30O2. The van der Waals surface area contributed by atoms with E-state index in [4.69, 9.17) is 0 Å². The van der Waals surface area contributed by atoms with Crippen LogP contribution in [0.5, 0.6) is 0 Å². The monoisotopic (exact) mass is 302 g/mol. The number of hydrogen-bond donors (Lipinski definition) is 2. The quantitative estimate of drug-likeness (QED) is 0.772. The number of aliphatic hydroxyl groups excluding tert-OH is 2. The topological polar surface area (TPSA) is 40.5 Å². The molecule has 0 bridgehead atoms. The van der Waals surface area contributed by atoms with Crippen LogP contribution in [0.4, 0.5) is 0 Å². The second-order valence-electron chi connectivity index (χ2n) is 8.70. The molecule has 0 saturated heterocycles. The Balaban J connectivity index is 1.71. The predicted octanol–water partition coefficient (Wildman–Crippen LogP) is 3.84. The fourth-order valence-corrected chi connectivity index (χ4v) is 6.72. The molecule has 4 rings (SSSR count). The van der Waals surface area contributed by atoms with Crippen molar-refractivity contribution in [2.24, 2.45) is 28.6 Å². The molecule has 2 N–H and O–H groups in total. The minimum atomic E-state index is -0.105. The molecule has 22 heavy (non-hydrogen) atoms. The summed E-state index contributed by atoms with van der Waals surface area (Å²) in [5.74, 6) is 1.98. The van der Waals surface area contributed by atoms with Crippen LogP contribution in [-0.2, 0) is 0 Å². The second-order valence-corrected chi connectivity index (χ2v) is 8.70. The molecular weight excluding hydrogens is 272 g/mol. The van der Waals surface area contributed by atoms with Gasteiger partial charge in [0.05, 0.1) is 12.7 Å². The zero-order chi connectivity index (χ0) is 15.5. The maximum Gasteiger partial charge on any atom is 0.0596 e. The Morgan fingerprint density at radius 2 is 1.95 bits per heavy atom. The van der Waals surface area contributed by atoms with Gasteiger partial charge in [-0.3, -0.25) is 0 Å². The summed E-state index contributed by atoms with van der Waals surface area (Å²) in [6, 6.07) is 0. The van der Waals surface area contributed by atoms with Gasteiger partial charge in [0.25, 0.3) is 0 Å². The molecule has 6 atom stereocenters. The number of hydrogen-bond acceptors (Lipinski definition) is 2. The largest absolute Gasteiger partial charge is 0.395 e. The van der Waals surface area contributed by atoms with Gasteiger partial charge in [0.1, 0.15) is 0 Å². The van der Waals surface area contributed by atoms with E-state index in [-0.39, 0.29) is 16.9 Å². The highest BCUT2D eigenvalue weighted by atomic mass is 16.3. The van der Waals surface area contributed by atoms with E-state index >= 15 is 0 Å². The molecule has 0 aliphatic heterocycles. The first kappa shape index (κ1) is 15.0. The van der Waals surface area contributed by atoms with Gasteiger partial charge in [0, 0.05) is 5.41 Å². The van der Waals surface area contributed by atoms with E-state index in [0.29, 0.717) is 24.4 Å². The van der Waals surface area contributed by atoms with Crippen molar-refractivity contribution in [1.82, 2.24) is 0 Å². The Labute approximate surface area is 134 Å². The summed E-state index contributed by atoms with van der Waals surface area (Å²) >= 11 is 0. The van der Waals surface area contributed by atoms with Crippen molar-refractivity contribution in [3.8, 4) is 0 Å². The van der Waals surface area contributed by atoms with Gasteiger partial charge in [0.15, 0.2) is 0 Å². The van der Waals surface area contributed by atoms with Crippen molar-refractivity contribution in [2.75, 3.05) is 6.61 Å². The van der Waals surface area contributed by atoms with Crippen molar-refractivity contribution in [3.05, 3.63) is 23.8 Å². The average molecular weight is 302 g/mol. The van der Waals surface area contributed by atoms with Crippen LogP contribution in [-0.4, -0.2) is 22.9 Å². The third-order valence-corrected chi connectivity index (χ3v) is 8.04. The van der Waals surface area contributed by atoms with E-state index in [1.165, 1.54) is 30.4 Å². The summed E-state index contributed by atoms with van der Waals surface area (Å²) < 4.78 is 0. The van der Waals surface area contributed by atoms with Crippen LogP contribution < -0.4 is 0 Å². The van der Waals surface area contributed by atoms with E-state index in [9.17, 15) is 10.2 Å². The maximum atomic E-state index is 10.5. The van der Waals surface area contributed by atoms with Crippen LogP contribution in [0, 0.1) is 28.6 Å². The van der Waals surface area contributed by atoms with Gasteiger partial charge in [-0.25, -0.2) is 0 Å².